The lowest BCUT2D eigenvalue weighted by atomic mass is 10.1. The molecule has 118 valence electrons. The van der Waals surface area contributed by atoms with Crippen molar-refractivity contribution in [2.45, 2.75) is 17.2 Å². The standard InChI is InChI=1S/C18H16Cl2N2O/c1-12-7-9-14(10-8-12)17(23)22-21-11-15-16(18(15,19)20)13-5-3-2-4-6-13/h2-11,15-16H,1H3,(H,22,23)/b21-11-/t15-,16-/m1/s1. The number of nitrogens with one attached hydrogen (secondary N) is 1. The van der Waals surface area contributed by atoms with Gasteiger partial charge in [0.05, 0.1) is 0 Å². The fourth-order valence-corrected chi connectivity index (χ4v) is 3.33. The lowest BCUT2D eigenvalue weighted by molar-refractivity contribution is 0.0955. The maximum absolute atomic E-state index is 12.0. The molecule has 0 unspecified atom stereocenters. The summed E-state index contributed by atoms with van der Waals surface area (Å²) in [6, 6.07) is 17.1. The third kappa shape index (κ3) is 3.41. The molecule has 1 fully saturated rings. The predicted octanol–water partition coefficient (Wildman–Crippen LogP) is 4.30. The minimum Gasteiger partial charge on any atom is -0.267 e. The van der Waals surface area contributed by atoms with Gasteiger partial charge in [0.25, 0.3) is 5.91 Å². The fourth-order valence-electron chi connectivity index (χ4n) is 2.57. The van der Waals surface area contributed by atoms with Gasteiger partial charge in [0, 0.05) is 23.6 Å². The van der Waals surface area contributed by atoms with Crippen molar-refractivity contribution in [2.24, 2.45) is 11.0 Å². The molecule has 0 heterocycles. The van der Waals surface area contributed by atoms with E-state index in [9.17, 15) is 4.79 Å². The third-order valence-corrected chi connectivity index (χ3v) is 4.96. The molecule has 1 N–H and O–H groups in total. The summed E-state index contributed by atoms with van der Waals surface area (Å²) >= 11 is 12.6. The van der Waals surface area contributed by atoms with Crippen molar-refractivity contribution in [1.82, 2.24) is 5.43 Å². The quantitative estimate of drug-likeness (QED) is 0.500. The lowest BCUT2D eigenvalue weighted by Gasteiger charge is -2.00. The number of amides is 1. The maximum atomic E-state index is 12.0. The van der Waals surface area contributed by atoms with Crippen LogP contribution in [0, 0.1) is 12.8 Å². The van der Waals surface area contributed by atoms with Crippen molar-refractivity contribution in [3.63, 3.8) is 0 Å². The molecule has 0 radical (unpaired) electrons. The summed E-state index contributed by atoms with van der Waals surface area (Å²) in [5.41, 5.74) is 5.24. The second-order valence-corrected chi connectivity index (χ2v) is 7.12. The number of hydrogen-bond donors (Lipinski definition) is 1. The summed E-state index contributed by atoms with van der Waals surface area (Å²) in [6.07, 6.45) is 1.61. The molecule has 1 aliphatic rings. The molecule has 0 aliphatic heterocycles. The Morgan fingerprint density at radius 3 is 2.43 bits per heavy atom. The molecular weight excluding hydrogens is 331 g/mol. The summed E-state index contributed by atoms with van der Waals surface area (Å²) in [5, 5.41) is 4.01. The Bertz CT molecular complexity index is 726. The molecule has 0 saturated heterocycles. The van der Waals surface area contributed by atoms with Gasteiger partial charge < -0.3 is 0 Å². The van der Waals surface area contributed by atoms with Gasteiger partial charge in [-0.15, -0.1) is 23.2 Å². The first kappa shape index (κ1) is 16.0. The van der Waals surface area contributed by atoms with Crippen LogP contribution in [0.1, 0.15) is 27.4 Å². The average molecular weight is 347 g/mol. The van der Waals surface area contributed by atoms with Crippen LogP contribution in [-0.2, 0) is 0 Å². The topological polar surface area (TPSA) is 41.5 Å². The van der Waals surface area contributed by atoms with E-state index in [0.29, 0.717) is 5.56 Å². The van der Waals surface area contributed by atoms with Crippen molar-refractivity contribution < 1.29 is 4.79 Å². The molecule has 1 saturated carbocycles. The van der Waals surface area contributed by atoms with Crippen molar-refractivity contribution >= 4 is 35.3 Å². The highest BCUT2D eigenvalue weighted by Gasteiger charge is 2.63. The van der Waals surface area contributed by atoms with Crippen LogP contribution < -0.4 is 5.43 Å². The van der Waals surface area contributed by atoms with Gasteiger partial charge in [-0.3, -0.25) is 4.79 Å². The van der Waals surface area contributed by atoms with E-state index in [4.69, 9.17) is 23.2 Å². The van der Waals surface area contributed by atoms with Gasteiger partial charge in [0.15, 0.2) is 0 Å². The van der Waals surface area contributed by atoms with Crippen molar-refractivity contribution in [3.05, 3.63) is 71.3 Å². The lowest BCUT2D eigenvalue weighted by Crippen LogP contribution is -2.17. The molecule has 1 amide bonds. The smallest absolute Gasteiger partial charge is 0.267 e. The number of benzene rings is 2. The van der Waals surface area contributed by atoms with Crippen LogP contribution in [0.5, 0.6) is 0 Å². The number of alkyl halides is 2. The van der Waals surface area contributed by atoms with E-state index >= 15 is 0 Å². The van der Waals surface area contributed by atoms with Gasteiger partial charge in [0.1, 0.15) is 4.33 Å². The van der Waals surface area contributed by atoms with Gasteiger partial charge in [-0.05, 0) is 24.6 Å². The van der Waals surface area contributed by atoms with Gasteiger partial charge in [0.2, 0.25) is 0 Å². The largest absolute Gasteiger partial charge is 0.271 e. The average Bonchev–Trinajstić information content (AvgIpc) is 3.09. The number of nitrogens with zero attached hydrogens (tertiary/aromatic N) is 1. The summed E-state index contributed by atoms with van der Waals surface area (Å²) in [7, 11) is 0. The SMILES string of the molecule is Cc1ccc(C(=O)N/N=C\[C@@H]2[C@@H](c3ccccc3)C2(Cl)Cl)cc1. The van der Waals surface area contributed by atoms with Crippen LogP contribution in [0.2, 0.25) is 0 Å². The molecule has 0 aromatic heterocycles. The second-order valence-electron chi connectivity index (χ2n) is 5.67. The van der Waals surface area contributed by atoms with Crippen LogP contribution in [0.3, 0.4) is 0 Å². The van der Waals surface area contributed by atoms with Crippen LogP contribution in [0.25, 0.3) is 0 Å². The van der Waals surface area contributed by atoms with E-state index in [1.165, 1.54) is 0 Å². The second kappa shape index (κ2) is 6.34. The Morgan fingerprint density at radius 2 is 1.78 bits per heavy atom. The van der Waals surface area contributed by atoms with Crippen molar-refractivity contribution in [2.75, 3.05) is 0 Å². The zero-order valence-electron chi connectivity index (χ0n) is 12.5. The molecule has 1 aliphatic carbocycles. The molecule has 3 nitrogen and oxygen atoms in total. The Labute approximate surface area is 145 Å². The molecule has 2 aromatic rings. The molecule has 0 spiro atoms. The number of hydrogen-bond acceptors (Lipinski definition) is 2. The maximum Gasteiger partial charge on any atom is 0.271 e. The number of rotatable bonds is 4. The number of carbonyl (C=O) groups is 1. The Morgan fingerprint density at radius 1 is 1.13 bits per heavy atom. The molecule has 23 heavy (non-hydrogen) atoms. The first-order valence-corrected chi connectivity index (χ1v) is 8.08. The molecule has 2 atom stereocenters. The third-order valence-electron chi connectivity index (χ3n) is 3.98. The van der Waals surface area contributed by atoms with E-state index in [1.54, 1.807) is 18.3 Å². The first-order valence-electron chi connectivity index (χ1n) is 7.33. The highest BCUT2D eigenvalue weighted by molar-refractivity contribution is 6.53. The van der Waals surface area contributed by atoms with Gasteiger partial charge in [-0.2, -0.15) is 5.10 Å². The van der Waals surface area contributed by atoms with E-state index in [1.807, 2.05) is 49.4 Å². The molecule has 0 bridgehead atoms. The van der Waals surface area contributed by atoms with Crippen LogP contribution >= 0.6 is 23.2 Å². The van der Waals surface area contributed by atoms with Gasteiger partial charge in [-0.1, -0.05) is 48.0 Å². The Hall–Kier alpha value is -1.84. The Balaban J connectivity index is 1.62. The highest BCUT2D eigenvalue weighted by Crippen LogP contribution is 2.63. The Kier molecular flexibility index (Phi) is 4.42. The highest BCUT2D eigenvalue weighted by atomic mass is 35.5. The minimum atomic E-state index is -0.876. The van der Waals surface area contributed by atoms with Crippen LogP contribution in [-0.4, -0.2) is 16.5 Å². The number of halogens is 2. The summed E-state index contributed by atoms with van der Waals surface area (Å²) in [6.45, 7) is 1.97. The monoisotopic (exact) mass is 346 g/mol. The van der Waals surface area contributed by atoms with Gasteiger partial charge >= 0.3 is 0 Å². The normalized spacial score (nSPS) is 22.0. The van der Waals surface area contributed by atoms with E-state index in [0.717, 1.165) is 11.1 Å². The van der Waals surface area contributed by atoms with Gasteiger partial charge in [-0.25, -0.2) is 5.43 Å². The minimum absolute atomic E-state index is 0.00735. The molecule has 2 aromatic carbocycles. The first-order chi connectivity index (χ1) is 11.0. The summed E-state index contributed by atoms with van der Waals surface area (Å²) < 4.78 is -0.876. The van der Waals surface area contributed by atoms with E-state index < -0.39 is 4.33 Å². The van der Waals surface area contributed by atoms with E-state index in [-0.39, 0.29) is 17.7 Å². The summed E-state index contributed by atoms with van der Waals surface area (Å²) in [4.78, 5) is 12.0. The summed E-state index contributed by atoms with van der Waals surface area (Å²) in [5.74, 6) is -0.383. The molecule has 5 heteroatoms. The molecular formula is C18H16Cl2N2O. The van der Waals surface area contributed by atoms with Crippen molar-refractivity contribution in [1.29, 1.82) is 0 Å². The zero-order valence-corrected chi connectivity index (χ0v) is 14.1. The van der Waals surface area contributed by atoms with E-state index in [2.05, 4.69) is 10.5 Å². The number of aryl methyl sites for hydroxylation is 1. The van der Waals surface area contributed by atoms with Crippen molar-refractivity contribution in [3.8, 4) is 0 Å². The molecule has 3 rings (SSSR count). The number of carbonyl (C=O) groups excluding carboxylic acids is 1. The number of hydrazone groups is 1. The fraction of sp³-hybridized carbons (Fsp3) is 0.222. The zero-order chi connectivity index (χ0) is 16.4. The van der Waals surface area contributed by atoms with Crippen LogP contribution in [0.4, 0.5) is 0 Å². The predicted molar refractivity (Wildman–Crippen MR) is 94.2 cm³/mol. The van der Waals surface area contributed by atoms with Crippen LogP contribution in [0.15, 0.2) is 59.7 Å².